The minimum atomic E-state index is -0.447. The SMILES string of the molecule is O=C(c1ccccc1F)N1CCCC(Cc2cnc3[nH]ccc3c2)C1. The second kappa shape index (κ2) is 6.67. The van der Waals surface area contributed by atoms with Crippen molar-refractivity contribution < 1.29 is 9.18 Å². The van der Waals surface area contributed by atoms with E-state index >= 15 is 0 Å². The predicted octanol–water partition coefficient (Wildman–Crippen LogP) is 3.80. The van der Waals surface area contributed by atoms with Gasteiger partial charge in [-0.25, -0.2) is 9.37 Å². The van der Waals surface area contributed by atoms with Crippen LogP contribution in [0.5, 0.6) is 0 Å². The van der Waals surface area contributed by atoms with Gasteiger partial charge in [0.05, 0.1) is 5.56 Å². The number of carbonyl (C=O) groups excluding carboxylic acids is 1. The van der Waals surface area contributed by atoms with Crippen LogP contribution < -0.4 is 0 Å². The van der Waals surface area contributed by atoms with Crippen LogP contribution in [-0.4, -0.2) is 33.9 Å². The minimum absolute atomic E-state index is 0.165. The molecule has 25 heavy (non-hydrogen) atoms. The van der Waals surface area contributed by atoms with E-state index in [1.807, 2.05) is 18.5 Å². The lowest BCUT2D eigenvalue weighted by molar-refractivity contribution is 0.0668. The molecule has 1 amide bonds. The Hall–Kier alpha value is -2.69. The number of rotatable bonds is 3. The second-order valence-corrected chi connectivity index (χ2v) is 6.70. The smallest absolute Gasteiger partial charge is 0.256 e. The van der Waals surface area contributed by atoms with E-state index < -0.39 is 5.82 Å². The highest BCUT2D eigenvalue weighted by atomic mass is 19.1. The number of hydrogen-bond acceptors (Lipinski definition) is 2. The Morgan fingerprint density at radius 3 is 3.08 bits per heavy atom. The minimum Gasteiger partial charge on any atom is -0.346 e. The Bertz CT molecular complexity index is 905. The fourth-order valence-electron chi connectivity index (χ4n) is 3.65. The fourth-order valence-corrected chi connectivity index (χ4v) is 3.65. The maximum absolute atomic E-state index is 13.9. The van der Waals surface area contributed by atoms with Gasteiger partial charge in [-0.05, 0) is 55.0 Å². The Balaban J connectivity index is 1.47. The average Bonchev–Trinajstić information content (AvgIpc) is 3.09. The molecule has 4 nitrogen and oxygen atoms in total. The predicted molar refractivity (Wildman–Crippen MR) is 94.8 cm³/mol. The van der Waals surface area contributed by atoms with Gasteiger partial charge in [-0.3, -0.25) is 4.79 Å². The number of nitrogens with one attached hydrogen (secondary N) is 1. The number of amides is 1. The number of aromatic nitrogens is 2. The molecule has 5 heteroatoms. The molecule has 3 aromatic rings. The van der Waals surface area contributed by atoms with Gasteiger partial charge in [0.1, 0.15) is 11.5 Å². The Kier molecular flexibility index (Phi) is 4.22. The lowest BCUT2D eigenvalue weighted by Gasteiger charge is -2.33. The first-order valence-corrected chi connectivity index (χ1v) is 8.66. The number of hydrogen-bond donors (Lipinski definition) is 1. The van der Waals surface area contributed by atoms with Crippen LogP contribution >= 0.6 is 0 Å². The molecule has 128 valence electrons. The number of halogens is 1. The Labute approximate surface area is 145 Å². The Morgan fingerprint density at radius 2 is 2.20 bits per heavy atom. The zero-order valence-corrected chi connectivity index (χ0v) is 13.9. The summed E-state index contributed by atoms with van der Waals surface area (Å²) in [5.74, 6) is -0.276. The van der Waals surface area contributed by atoms with E-state index in [1.54, 1.807) is 23.1 Å². The van der Waals surface area contributed by atoms with Crippen molar-refractivity contribution in [2.45, 2.75) is 19.3 Å². The normalized spacial score (nSPS) is 17.8. The van der Waals surface area contributed by atoms with E-state index in [1.165, 1.54) is 11.6 Å². The molecule has 0 aliphatic carbocycles. The number of piperidine rings is 1. The zero-order chi connectivity index (χ0) is 17.2. The standard InChI is InChI=1S/C20H20FN3O/c21-18-6-2-1-5-17(18)20(25)24-9-3-4-14(13-24)10-15-11-16-7-8-22-19(16)23-12-15/h1-2,5-8,11-12,14H,3-4,9-10,13H2,(H,22,23). The first kappa shape index (κ1) is 15.8. The van der Waals surface area contributed by atoms with Gasteiger partial charge < -0.3 is 9.88 Å². The molecule has 0 radical (unpaired) electrons. The zero-order valence-electron chi connectivity index (χ0n) is 13.9. The van der Waals surface area contributed by atoms with E-state index in [0.29, 0.717) is 19.0 Å². The van der Waals surface area contributed by atoms with Crippen molar-refractivity contribution in [3.05, 3.63) is 65.7 Å². The molecule has 1 fully saturated rings. The summed E-state index contributed by atoms with van der Waals surface area (Å²) in [5, 5.41) is 1.10. The van der Waals surface area contributed by atoms with Crippen LogP contribution in [0.4, 0.5) is 4.39 Å². The van der Waals surface area contributed by atoms with Gasteiger partial charge in [-0.1, -0.05) is 12.1 Å². The third-order valence-electron chi connectivity index (χ3n) is 4.89. The van der Waals surface area contributed by atoms with E-state index in [0.717, 1.165) is 30.3 Å². The highest BCUT2D eigenvalue weighted by molar-refractivity contribution is 5.94. The summed E-state index contributed by atoms with van der Waals surface area (Å²) in [7, 11) is 0. The topological polar surface area (TPSA) is 49.0 Å². The second-order valence-electron chi connectivity index (χ2n) is 6.70. The maximum atomic E-state index is 13.9. The van der Waals surface area contributed by atoms with Crippen LogP contribution in [0, 0.1) is 11.7 Å². The molecule has 1 aliphatic rings. The molecular weight excluding hydrogens is 317 g/mol. The van der Waals surface area contributed by atoms with E-state index in [4.69, 9.17) is 0 Å². The number of pyridine rings is 1. The number of likely N-dealkylation sites (tertiary alicyclic amines) is 1. The lowest BCUT2D eigenvalue weighted by atomic mass is 9.91. The summed E-state index contributed by atoms with van der Waals surface area (Å²) in [6.45, 7) is 1.36. The van der Waals surface area contributed by atoms with Crippen LogP contribution in [0.2, 0.25) is 0 Å². The monoisotopic (exact) mass is 337 g/mol. The highest BCUT2D eigenvalue weighted by Gasteiger charge is 2.26. The van der Waals surface area contributed by atoms with Crippen LogP contribution in [0.15, 0.2) is 48.8 Å². The molecule has 1 aromatic carbocycles. The van der Waals surface area contributed by atoms with Crippen molar-refractivity contribution in [1.82, 2.24) is 14.9 Å². The van der Waals surface area contributed by atoms with Gasteiger partial charge in [0.25, 0.3) is 5.91 Å². The van der Waals surface area contributed by atoms with Crippen molar-refractivity contribution in [2.24, 2.45) is 5.92 Å². The lowest BCUT2D eigenvalue weighted by Crippen LogP contribution is -2.40. The van der Waals surface area contributed by atoms with E-state index in [-0.39, 0.29) is 11.5 Å². The average molecular weight is 337 g/mol. The first-order chi connectivity index (χ1) is 12.2. The van der Waals surface area contributed by atoms with Crippen molar-refractivity contribution in [3.8, 4) is 0 Å². The third-order valence-corrected chi connectivity index (χ3v) is 4.89. The summed E-state index contributed by atoms with van der Waals surface area (Å²) in [4.78, 5) is 21.9. The number of aromatic amines is 1. The Morgan fingerprint density at radius 1 is 1.32 bits per heavy atom. The fraction of sp³-hybridized carbons (Fsp3) is 0.300. The molecule has 0 spiro atoms. The number of benzene rings is 1. The largest absolute Gasteiger partial charge is 0.346 e. The molecule has 2 aromatic heterocycles. The summed E-state index contributed by atoms with van der Waals surface area (Å²) in [6, 6.07) is 10.4. The van der Waals surface area contributed by atoms with Crippen molar-refractivity contribution in [2.75, 3.05) is 13.1 Å². The first-order valence-electron chi connectivity index (χ1n) is 8.66. The quantitative estimate of drug-likeness (QED) is 0.790. The number of carbonyl (C=O) groups is 1. The van der Waals surface area contributed by atoms with Gasteiger partial charge in [0.2, 0.25) is 0 Å². The van der Waals surface area contributed by atoms with E-state index in [9.17, 15) is 9.18 Å². The molecule has 0 saturated carbocycles. The molecule has 4 rings (SSSR count). The van der Waals surface area contributed by atoms with Crippen LogP contribution in [0.25, 0.3) is 11.0 Å². The summed E-state index contributed by atoms with van der Waals surface area (Å²) in [5.41, 5.74) is 2.24. The van der Waals surface area contributed by atoms with Crippen molar-refractivity contribution >= 4 is 16.9 Å². The number of H-pyrrole nitrogens is 1. The molecule has 1 aliphatic heterocycles. The van der Waals surface area contributed by atoms with E-state index in [2.05, 4.69) is 16.0 Å². The summed E-state index contributed by atoms with van der Waals surface area (Å²) < 4.78 is 13.9. The van der Waals surface area contributed by atoms with Crippen LogP contribution in [-0.2, 0) is 6.42 Å². The molecule has 1 atom stereocenters. The summed E-state index contributed by atoms with van der Waals surface area (Å²) in [6.07, 6.45) is 6.69. The van der Waals surface area contributed by atoms with Gasteiger partial charge >= 0.3 is 0 Å². The van der Waals surface area contributed by atoms with Gasteiger partial charge in [0, 0.05) is 30.9 Å². The third kappa shape index (κ3) is 3.27. The molecular formula is C20H20FN3O. The van der Waals surface area contributed by atoms with Crippen molar-refractivity contribution in [3.63, 3.8) is 0 Å². The molecule has 0 bridgehead atoms. The van der Waals surface area contributed by atoms with Gasteiger partial charge in [-0.15, -0.1) is 0 Å². The number of nitrogens with zero attached hydrogens (tertiary/aromatic N) is 2. The summed E-state index contributed by atoms with van der Waals surface area (Å²) >= 11 is 0. The number of fused-ring (bicyclic) bond motifs is 1. The molecule has 1 unspecified atom stereocenters. The van der Waals surface area contributed by atoms with Crippen LogP contribution in [0.1, 0.15) is 28.8 Å². The van der Waals surface area contributed by atoms with Crippen LogP contribution in [0.3, 0.4) is 0 Å². The van der Waals surface area contributed by atoms with Gasteiger partial charge in [0.15, 0.2) is 0 Å². The molecule has 1 saturated heterocycles. The van der Waals surface area contributed by atoms with Gasteiger partial charge in [-0.2, -0.15) is 0 Å². The molecule has 3 heterocycles. The van der Waals surface area contributed by atoms with Crippen molar-refractivity contribution in [1.29, 1.82) is 0 Å². The highest BCUT2D eigenvalue weighted by Crippen LogP contribution is 2.24. The molecule has 1 N–H and O–H groups in total. The maximum Gasteiger partial charge on any atom is 0.256 e.